The van der Waals surface area contributed by atoms with Crippen LogP contribution in [0.2, 0.25) is 0 Å². The topological polar surface area (TPSA) is 109 Å². The molecular formula is C20H24N4O5S. The van der Waals surface area contributed by atoms with Crippen LogP contribution in [-0.4, -0.2) is 69.2 Å². The molecule has 1 N–H and O–H groups in total. The molecule has 160 valence electrons. The second-order valence-electron chi connectivity index (χ2n) is 6.85. The maximum atomic E-state index is 12.5. The van der Waals surface area contributed by atoms with Gasteiger partial charge in [-0.1, -0.05) is 0 Å². The molecule has 1 aliphatic heterocycles. The van der Waals surface area contributed by atoms with E-state index in [0.29, 0.717) is 37.6 Å². The zero-order chi connectivity index (χ0) is 21.6. The SMILES string of the molecule is CS(=O)(=O)N(CC(=O)NCc1ccncc1)c1ccc(C(=O)N2CCOCC2)cc1. The number of benzene rings is 1. The first-order valence-electron chi connectivity index (χ1n) is 9.45. The van der Waals surface area contributed by atoms with Gasteiger partial charge in [0.2, 0.25) is 15.9 Å². The Labute approximate surface area is 175 Å². The lowest BCUT2D eigenvalue weighted by Crippen LogP contribution is -2.41. The molecule has 0 radical (unpaired) electrons. The molecule has 1 aliphatic rings. The van der Waals surface area contributed by atoms with Crippen LogP contribution in [0.15, 0.2) is 48.8 Å². The highest BCUT2D eigenvalue weighted by molar-refractivity contribution is 7.92. The highest BCUT2D eigenvalue weighted by atomic mass is 32.2. The van der Waals surface area contributed by atoms with Crippen LogP contribution in [0, 0.1) is 0 Å². The van der Waals surface area contributed by atoms with E-state index < -0.39 is 15.9 Å². The van der Waals surface area contributed by atoms with Crippen molar-refractivity contribution >= 4 is 27.5 Å². The summed E-state index contributed by atoms with van der Waals surface area (Å²) in [6.45, 7) is 1.95. The molecule has 30 heavy (non-hydrogen) atoms. The van der Waals surface area contributed by atoms with E-state index in [0.717, 1.165) is 16.1 Å². The summed E-state index contributed by atoms with van der Waals surface area (Å²) in [6, 6.07) is 9.73. The Balaban J connectivity index is 1.67. The molecule has 1 fully saturated rings. The van der Waals surface area contributed by atoms with Crippen molar-refractivity contribution < 1.29 is 22.7 Å². The fraction of sp³-hybridized carbons (Fsp3) is 0.350. The molecule has 0 saturated carbocycles. The Kier molecular flexibility index (Phi) is 7.01. The zero-order valence-electron chi connectivity index (χ0n) is 16.7. The molecule has 0 bridgehead atoms. The van der Waals surface area contributed by atoms with Gasteiger partial charge in [-0.2, -0.15) is 0 Å². The van der Waals surface area contributed by atoms with Gasteiger partial charge < -0.3 is 15.0 Å². The van der Waals surface area contributed by atoms with Crippen LogP contribution in [0.25, 0.3) is 0 Å². The average Bonchev–Trinajstić information content (AvgIpc) is 2.76. The van der Waals surface area contributed by atoms with Gasteiger partial charge in [-0.25, -0.2) is 8.42 Å². The summed E-state index contributed by atoms with van der Waals surface area (Å²) < 4.78 is 30.8. The second kappa shape index (κ2) is 9.68. The maximum Gasteiger partial charge on any atom is 0.254 e. The first-order valence-corrected chi connectivity index (χ1v) is 11.3. The summed E-state index contributed by atoms with van der Waals surface area (Å²) in [6.07, 6.45) is 4.27. The zero-order valence-corrected chi connectivity index (χ0v) is 17.5. The Morgan fingerprint density at radius 1 is 1.10 bits per heavy atom. The Morgan fingerprint density at radius 3 is 2.33 bits per heavy atom. The number of anilines is 1. The van der Waals surface area contributed by atoms with E-state index in [9.17, 15) is 18.0 Å². The van der Waals surface area contributed by atoms with Gasteiger partial charge in [0.15, 0.2) is 0 Å². The van der Waals surface area contributed by atoms with Gasteiger partial charge in [-0.3, -0.25) is 18.9 Å². The largest absolute Gasteiger partial charge is 0.378 e. The summed E-state index contributed by atoms with van der Waals surface area (Å²) in [5, 5.41) is 2.70. The molecule has 0 aliphatic carbocycles. The lowest BCUT2D eigenvalue weighted by atomic mass is 10.1. The average molecular weight is 433 g/mol. The van der Waals surface area contributed by atoms with Crippen molar-refractivity contribution in [2.45, 2.75) is 6.54 Å². The predicted octanol–water partition coefficient (Wildman–Crippen LogP) is 0.636. The Morgan fingerprint density at radius 2 is 1.73 bits per heavy atom. The van der Waals surface area contributed by atoms with E-state index in [2.05, 4.69) is 10.3 Å². The smallest absolute Gasteiger partial charge is 0.254 e. The van der Waals surface area contributed by atoms with E-state index in [1.165, 1.54) is 12.1 Å². The van der Waals surface area contributed by atoms with Crippen LogP contribution in [0.5, 0.6) is 0 Å². The number of carbonyl (C=O) groups is 2. The molecule has 0 atom stereocenters. The number of morpholine rings is 1. The third-order valence-corrected chi connectivity index (χ3v) is 5.77. The van der Waals surface area contributed by atoms with Crippen molar-refractivity contribution in [2.24, 2.45) is 0 Å². The molecular weight excluding hydrogens is 408 g/mol. The summed E-state index contributed by atoms with van der Waals surface area (Å²) in [7, 11) is -3.70. The number of hydrogen-bond acceptors (Lipinski definition) is 6. The molecule has 0 spiro atoms. The number of nitrogens with zero attached hydrogens (tertiary/aromatic N) is 3. The van der Waals surface area contributed by atoms with Crippen LogP contribution < -0.4 is 9.62 Å². The first kappa shape index (κ1) is 21.7. The van der Waals surface area contributed by atoms with Crippen molar-refractivity contribution in [3.63, 3.8) is 0 Å². The van der Waals surface area contributed by atoms with Gasteiger partial charge in [0.25, 0.3) is 5.91 Å². The van der Waals surface area contributed by atoms with Gasteiger partial charge >= 0.3 is 0 Å². The van der Waals surface area contributed by atoms with Crippen LogP contribution in [0.3, 0.4) is 0 Å². The molecule has 2 amide bonds. The van der Waals surface area contributed by atoms with Gasteiger partial charge in [0.1, 0.15) is 6.54 Å². The number of nitrogens with one attached hydrogen (secondary N) is 1. The number of aromatic nitrogens is 1. The van der Waals surface area contributed by atoms with Crippen molar-refractivity contribution in [2.75, 3.05) is 43.4 Å². The fourth-order valence-electron chi connectivity index (χ4n) is 3.01. The molecule has 1 aromatic heterocycles. The minimum absolute atomic E-state index is 0.133. The quantitative estimate of drug-likeness (QED) is 0.688. The van der Waals surface area contributed by atoms with Crippen molar-refractivity contribution in [3.05, 3.63) is 59.9 Å². The van der Waals surface area contributed by atoms with Crippen molar-refractivity contribution in [1.29, 1.82) is 0 Å². The minimum Gasteiger partial charge on any atom is -0.378 e. The number of amides is 2. The summed E-state index contributed by atoms with van der Waals surface area (Å²) in [4.78, 5) is 30.5. The number of ether oxygens (including phenoxy) is 1. The van der Waals surface area contributed by atoms with E-state index in [1.54, 1.807) is 41.6 Å². The molecule has 9 nitrogen and oxygen atoms in total. The lowest BCUT2D eigenvalue weighted by molar-refractivity contribution is -0.119. The maximum absolute atomic E-state index is 12.5. The lowest BCUT2D eigenvalue weighted by Gasteiger charge is -2.27. The van der Waals surface area contributed by atoms with Gasteiger partial charge in [-0.15, -0.1) is 0 Å². The fourth-order valence-corrected chi connectivity index (χ4v) is 3.86. The monoisotopic (exact) mass is 432 g/mol. The van der Waals surface area contributed by atoms with Crippen LogP contribution in [-0.2, 0) is 26.1 Å². The summed E-state index contributed by atoms with van der Waals surface area (Å²) in [5.74, 6) is -0.573. The number of carbonyl (C=O) groups excluding carboxylic acids is 2. The van der Waals surface area contributed by atoms with Crippen LogP contribution in [0.1, 0.15) is 15.9 Å². The molecule has 2 aromatic rings. The first-order chi connectivity index (χ1) is 14.3. The van der Waals surface area contributed by atoms with E-state index in [-0.39, 0.29) is 19.0 Å². The van der Waals surface area contributed by atoms with Crippen molar-refractivity contribution in [1.82, 2.24) is 15.2 Å². The molecule has 1 saturated heterocycles. The number of rotatable bonds is 7. The standard InChI is InChI=1S/C20H24N4O5S/c1-30(27,28)24(15-19(25)22-14-16-6-8-21-9-7-16)18-4-2-17(3-5-18)20(26)23-10-12-29-13-11-23/h2-9H,10-15H2,1H3,(H,22,25). The molecule has 0 unspecified atom stereocenters. The molecule has 10 heteroatoms. The van der Waals surface area contributed by atoms with Gasteiger partial charge in [-0.05, 0) is 42.0 Å². The van der Waals surface area contributed by atoms with Crippen LogP contribution in [0.4, 0.5) is 5.69 Å². The van der Waals surface area contributed by atoms with E-state index in [1.807, 2.05) is 0 Å². The number of hydrogen-bond donors (Lipinski definition) is 1. The van der Waals surface area contributed by atoms with Crippen molar-refractivity contribution in [3.8, 4) is 0 Å². The van der Waals surface area contributed by atoms with Gasteiger partial charge in [0, 0.05) is 37.6 Å². The van der Waals surface area contributed by atoms with E-state index in [4.69, 9.17) is 4.74 Å². The highest BCUT2D eigenvalue weighted by Crippen LogP contribution is 2.19. The predicted molar refractivity (Wildman–Crippen MR) is 111 cm³/mol. The Hall–Kier alpha value is -2.98. The van der Waals surface area contributed by atoms with E-state index >= 15 is 0 Å². The normalized spacial score (nSPS) is 14.2. The number of sulfonamides is 1. The minimum atomic E-state index is -3.70. The third-order valence-electron chi connectivity index (χ3n) is 4.63. The third kappa shape index (κ3) is 5.77. The van der Waals surface area contributed by atoms with Crippen LogP contribution >= 0.6 is 0 Å². The Bertz CT molecular complexity index is 974. The highest BCUT2D eigenvalue weighted by Gasteiger charge is 2.22. The summed E-state index contributed by atoms with van der Waals surface area (Å²) in [5.41, 5.74) is 1.63. The van der Waals surface area contributed by atoms with Gasteiger partial charge in [0.05, 0.1) is 25.2 Å². The molecule has 2 heterocycles. The molecule has 3 rings (SSSR count). The summed E-state index contributed by atoms with van der Waals surface area (Å²) >= 11 is 0. The molecule has 1 aromatic carbocycles. The number of pyridine rings is 1. The second-order valence-corrected chi connectivity index (χ2v) is 8.76.